The van der Waals surface area contributed by atoms with Crippen LogP contribution in [0.25, 0.3) is 10.9 Å². The molecule has 1 aliphatic heterocycles. The van der Waals surface area contributed by atoms with Crippen molar-refractivity contribution in [1.82, 2.24) is 14.8 Å². The van der Waals surface area contributed by atoms with Gasteiger partial charge in [-0.3, -0.25) is 14.4 Å². The molecule has 4 rings (SSSR count). The van der Waals surface area contributed by atoms with E-state index < -0.39 is 11.9 Å². The summed E-state index contributed by atoms with van der Waals surface area (Å²) in [4.78, 5) is 39.8. The zero-order chi connectivity index (χ0) is 24.6. The molecule has 0 unspecified atom stereocenters. The van der Waals surface area contributed by atoms with Crippen molar-refractivity contribution in [3.8, 4) is 5.75 Å². The summed E-state index contributed by atoms with van der Waals surface area (Å²) in [6.45, 7) is 3.71. The monoisotopic (exact) mass is 485 g/mol. The molecule has 1 saturated heterocycles. The van der Waals surface area contributed by atoms with E-state index in [0.29, 0.717) is 29.4 Å². The van der Waals surface area contributed by atoms with Crippen LogP contribution in [-0.2, 0) is 22.7 Å². The highest BCUT2D eigenvalue weighted by Crippen LogP contribution is 2.28. The first-order valence-electron chi connectivity index (χ1n) is 11.0. The number of Topliss-reactive ketones (excluding diaryl/α,β-unsaturated/α-hetero) is 1. The molecule has 7 nitrogen and oxygen atoms in total. The van der Waals surface area contributed by atoms with Gasteiger partial charge in [-0.05, 0) is 43.5 Å². The number of aromatic hydroxyl groups is 1. The van der Waals surface area contributed by atoms with Gasteiger partial charge >= 0.3 is 0 Å². The minimum Gasteiger partial charge on any atom is -0.508 e. The molecule has 1 aromatic heterocycles. The molecule has 1 fully saturated rings. The van der Waals surface area contributed by atoms with Crippen LogP contribution in [0, 0.1) is 11.7 Å². The third-order valence-corrected chi connectivity index (χ3v) is 6.46. The molecule has 2 amide bonds. The molecule has 2 N–H and O–H groups in total. The van der Waals surface area contributed by atoms with E-state index in [9.17, 15) is 23.9 Å². The number of aromatic nitrogens is 1. The lowest BCUT2D eigenvalue weighted by molar-refractivity contribution is -0.138. The average molecular weight is 486 g/mol. The van der Waals surface area contributed by atoms with Crippen LogP contribution < -0.4 is 5.32 Å². The van der Waals surface area contributed by atoms with Crippen LogP contribution in [0.15, 0.2) is 42.6 Å². The molecule has 34 heavy (non-hydrogen) atoms. The van der Waals surface area contributed by atoms with Crippen molar-refractivity contribution in [3.05, 3.63) is 64.6 Å². The Morgan fingerprint density at radius 2 is 2.00 bits per heavy atom. The van der Waals surface area contributed by atoms with E-state index in [-0.39, 0.29) is 52.9 Å². The lowest BCUT2D eigenvalue weighted by atomic mass is 10.1. The van der Waals surface area contributed by atoms with E-state index in [2.05, 4.69) is 5.32 Å². The summed E-state index contributed by atoms with van der Waals surface area (Å²) in [6.07, 6.45) is 2.09. The number of phenolic OH excluding ortho intramolecular Hbond substituents is 1. The molecule has 0 spiro atoms. The van der Waals surface area contributed by atoms with Crippen LogP contribution in [-0.4, -0.2) is 44.8 Å². The summed E-state index contributed by atoms with van der Waals surface area (Å²) in [6, 6.07) is 8.56. The number of hydrogen-bond donors (Lipinski definition) is 2. The summed E-state index contributed by atoms with van der Waals surface area (Å²) in [5.41, 5.74) is 1.32. The van der Waals surface area contributed by atoms with E-state index in [4.69, 9.17) is 11.6 Å². The Labute approximate surface area is 201 Å². The molecule has 9 heteroatoms. The van der Waals surface area contributed by atoms with E-state index in [1.165, 1.54) is 30.0 Å². The van der Waals surface area contributed by atoms with Crippen LogP contribution in [0.4, 0.5) is 4.39 Å². The molecule has 0 bridgehead atoms. The predicted molar refractivity (Wildman–Crippen MR) is 126 cm³/mol. The maximum atomic E-state index is 14.2. The normalized spacial score (nSPS) is 17.8. The third-order valence-electron chi connectivity index (χ3n) is 6.17. The number of nitrogens with zero attached hydrogens (tertiary/aromatic N) is 2. The van der Waals surface area contributed by atoms with Gasteiger partial charge in [0.15, 0.2) is 5.78 Å². The fraction of sp³-hybridized carbons (Fsp3) is 0.320. The number of carbonyl (C=O) groups excluding carboxylic acids is 3. The number of rotatable bonds is 6. The quantitative estimate of drug-likeness (QED) is 0.518. The Hall–Kier alpha value is -3.39. The second-order valence-electron chi connectivity index (χ2n) is 8.76. The molecule has 178 valence electrons. The fourth-order valence-corrected chi connectivity index (χ4v) is 4.68. The summed E-state index contributed by atoms with van der Waals surface area (Å²) >= 11 is 5.81. The number of hydrogen-bond acceptors (Lipinski definition) is 4. The highest BCUT2D eigenvalue weighted by Gasteiger charge is 2.37. The number of likely N-dealkylation sites (tertiary alicyclic amines) is 1. The van der Waals surface area contributed by atoms with E-state index in [0.717, 1.165) is 0 Å². The van der Waals surface area contributed by atoms with Crippen molar-refractivity contribution >= 4 is 40.1 Å². The van der Waals surface area contributed by atoms with Crippen molar-refractivity contribution in [2.75, 3.05) is 6.54 Å². The molecule has 3 aromatic rings. The number of ketones is 1. The topological polar surface area (TPSA) is 91.6 Å². The molecule has 2 heterocycles. The van der Waals surface area contributed by atoms with E-state index >= 15 is 0 Å². The third kappa shape index (κ3) is 4.63. The van der Waals surface area contributed by atoms with Gasteiger partial charge in [-0.2, -0.15) is 0 Å². The minimum atomic E-state index is -0.678. The maximum absolute atomic E-state index is 14.2. The molecule has 0 aliphatic carbocycles. The summed E-state index contributed by atoms with van der Waals surface area (Å²) in [7, 11) is 0. The molecule has 0 saturated carbocycles. The van der Waals surface area contributed by atoms with Gasteiger partial charge < -0.3 is 19.9 Å². The number of amides is 2. The lowest BCUT2D eigenvalue weighted by Gasteiger charge is -2.24. The Bertz CT molecular complexity index is 1290. The van der Waals surface area contributed by atoms with Crippen LogP contribution in [0.1, 0.15) is 36.2 Å². The summed E-state index contributed by atoms with van der Waals surface area (Å²) in [5, 5.41) is 13.1. The first kappa shape index (κ1) is 23.8. The first-order valence-corrected chi connectivity index (χ1v) is 11.4. The van der Waals surface area contributed by atoms with E-state index in [1.54, 1.807) is 29.0 Å². The maximum Gasteiger partial charge on any atom is 0.243 e. The highest BCUT2D eigenvalue weighted by molar-refractivity contribution is 6.30. The van der Waals surface area contributed by atoms with Crippen molar-refractivity contribution in [3.63, 3.8) is 0 Å². The fourth-order valence-electron chi connectivity index (χ4n) is 4.49. The highest BCUT2D eigenvalue weighted by atomic mass is 35.5. The Kier molecular flexibility index (Phi) is 6.61. The van der Waals surface area contributed by atoms with Gasteiger partial charge in [0.2, 0.25) is 11.8 Å². The first-order chi connectivity index (χ1) is 16.2. The second kappa shape index (κ2) is 9.46. The predicted octanol–water partition coefficient (Wildman–Crippen LogP) is 3.90. The number of nitrogens with one attached hydrogen (secondary N) is 1. The number of halogens is 2. The number of benzene rings is 2. The van der Waals surface area contributed by atoms with Gasteiger partial charge in [-0.25, -0.2) is 4.39 Å². The molecular formula is C25H25ClFN3O4. The minimum absolute atomic E-state index is 0.0183. The van der Waals surface area contributed by atoms with Crippen molar-refractivity contribution in [2.45, 2.75) is 39.4 Å². The van der Waals surface area contributed by atoms with Crippen LogP contribution >= 0.6 is 11.6 Å². The SMILES string of the molecule is CC(=O)c1cn(CC(=O)N2C[C@@H](C)C[C@H]2C(=O)NCc2cccc(Cl)c2F)c2ccc(O)cc12. The van der Waals surface area contributed by atoms with Crippen LogP contribution in [0.3, 0.4) is 0 Å². The molecule has 2 aromatic carbocycles. The summed E-state index contributed by atoms with van der Waals surface area (Å²) in [5.74, 6) is -1.23. The van der Waals surface area contributed by atoms with Gasteiger partial charge in [0, 0.05) is 41.3 Å². The molecular weight excluding hydrogens is 461 g/mol. The summed E-state index contributed by atoms with van der Waals surface area (Å²) < 4.78 is 15.8. The Balaban J connectivity index is 1.51. The van der Waals surface area contributed by atoms with E-state index in [1.807, 2.05) is 6.92 Å². The smallest absolute Gasteiger partial charge is 0.243 e. The second-order valence-corrected chi connectivity index (χ2v) is 9.17. The van der Waals surface area contributed by atoms with Gasteiger partial charge in [0.25, 0.3) is 0 Å². The molecule has 1 aliphatic rings. The van der Waals surface area contributed by atoms with Gasteiger partial charge in [0.05, 0.1) is 5.02 Å². The standard InChI is InChI=1S/C25H25ClFN3O4/c1-14-8-22(25(34)28-10-16-4-3-5-20(26)24(16)27)30(11-14)23(33)13-29-12-19(15(2)31)18-9-17(32)6-7-21(18)29/h3-7,9,12,14,22,32H,8,10-11,13H2,1-2H3,(H,28,34)/t14-,22-/m0/s1. The Morgan fingerprint density at radius 1 is 1.24 bits per heavy atom. The Morgan fingerprint density at radius 3 is 2.74 bits per heavy atom. The van der Waals surface area contributed by atoms with Crippen molar-refractivity contribution in [1.29, 1.82) is 0 Å². The largest absolute Gasteiger partial charge is 0.508 e. The number of fused-ring (bicyclic) bond motifs is 1. The lowest BCUT2D eigenvalue weighted by Crippen LogP contribution is -2.46. The van der Waals surface area contributed by atoms with Gasteiger partial charge in [-0.1, -0.05) is 30.7 Å². The zero-order valence-corrected chi connectivity index (χ0v) is 19.6. The number of carbonyl (C=O) groups is 3. The van der Waals surface area contributed by atoms with Crippen LogP contribution in [0.2, 0.25) is 5.02 Å². The van der Waals surface area contributed by atoms with Crippen molar-refractivity contribution < 1.29 is 23.9 Å². The molecule has 2 atom stereocenters. The van der Waals surface area contributed by atoms with Crippen molar-refractivity contribution in [2.24, 2.45) is 5.92 Å². The van der Waals surface area contributed by atoms with Gasteiger partial charge in [-0.15, -0.1) is 0 Å². The zero-order valence-electron chi connectivity index (χ0n) is 18.8. The molecule has 0 radical (unpaired) electrons. The average Bonchev–Trinajstić information content (AvgIpc) is 3.35. The van der Waals surface area contributed by atoms with Crippen LogP contribution in [0.5, 0.6) is 5.75 Å². The van der Waals surface area contributed by atoms with Gasteiger partial charge in [0.1, 0.15) is 24.2 Å². The number of phenols is 1.